The number of rotatable bonds is 18. The molecule has 0 aromatic heterocycles. The van der Waals surface area contributed by atoms with Gasteiger partial charge in [-0.1, -0.05) is 90.4 Å². The van der Waals surface area contributed by atoms with Gasteiger partial charge in [0, 0.05) is 5.56 Å². The Kier molecular flexibility index (Phi) is 17.8. The van der Waals surface area contributed by atoms with Crippen molar-refractivity contribution in [2.45, 2.75) is 109 Å². The van der Waals surface area contributed by atoms with E-state index in [0.29, 0.717) is 6.61 Å². The van der Waals surface area contributed by atoms with Crippen LogP contribution in [0.5, 0.6) is 5.75 Å². The average molecular weight is 463 g/mol. The van der Waals surface area contributed by atoms with Gasteiger partial charge in [-0.2, -0.15) is 0 Å². The number of carbonyl (C=O) groups is 1. The van der Waals surface area contributed by atoms with E-state index in [1.165, 1.54) is 89.7 Å². The van der Waals surface area contributed by atoms with Crippen LogP contribution in [-0.4, -0.2) is 25.4 Å². The molecule has 0 amide bonds. The molecule has 1 aromatic carbocycles. The van der Waals surface area contributed by atoms with E-state index in [9.17, 15) is 17.8 Å². The van der Waals surface area contributed by atoms with Gasteiger partial charge in [-0.25, -0.2) is 8.42 Å². The SMILES string of the molecule is CCCCCCCCCCCCCCCCOc1ccc(C(C)=O)cc1S(=O)(=O)[O-].[Na+]. The van der Waals surface area contributed by atoms with Gasteiger partial charge in [0.2, 0.25) is 0 Å². The first kappa shape index (κ1) is 30.6. The third-order valence-electron chi connectivity index (χ3n) is 5.38. The fraction of sp³-hybridized carbons (Fsp3) is 0.708. The Morgan fingerprint density at radius 2 is 1.29 bits per heavy atom. The first-order valence-electron chi connectivity index (χ1n) is 11.6. The van der Waals surface area contributed by atoms with E-state index >= 15 is 0 Å². The minimum atomic E-state index is -4.69. The van der Waals surface area contributed by atoms with Crippen LogP contribution in [0.25, 0.3) is 0 Å². The van der Waals surface area contributed by atoms with Gasteiger partial charge in [0.05, 0.1) is 11.5 Å². The standard InChI is InChI=1S/C24H40O5S.Na/c1-3-4-5-6-7-8-9-10-11-12-13-14-15-16-19-29-23-18-17-22(21(2)25)20-24(23)30(26,27)28;/h17-18,20H,3-16,19H2,1-2H3,(H,26,27,28);/q;+1/p-1. The largest absolute Gasteiger partial charge is 1.00 e. The van der Waals surface area contributed by atoms with Crippen molar-refractivity contribution in [3.05, 3.63) is 23.8 Å². The predicted molar refractivity (Wildman–Crippen MR) is 120 cm³/mol. The Morgan fingerprint density at radius 1 is 0.839 bits per heavy atom. The summed E-state index contributed by atoms with van der Waals surface area (Å²) in [6.45, 7) is 3.94. The first-order valence-corrected chi connectivity index (χ1v) is 13.0. The molecule has 1 rings (SSSR count). The van der Waals surface area contributed by atoms with Crippen molar-refractivity contribution < 1.29 is 52.1 Å². The van der Waals surface area contributed by atoms with Crippen molar-refractivity contribution >= 4 is 15.9 Å². The molecule has 0 bridgehead atoms. The Morgan fingerprint density at radius 3 is 1.71 bits per heavy atom. The molecule has 0 aliphatic rings. The zero-order valence-corrected chi connectivity index (χ0v) is 22.6. The van der Waals surface area contributed by atoms with Crippen LogP contribution in [0.2, 0.25) is 0 Å². The van der Waals surface area contributed by atoms with Crippen LogP contribution >= 0.6 is 0 Å². The quantitative estimate of drug-likeness (QED) is 0.144. The molecule has 31 heavy (non-hydrogen) atoms. The Bertz CT molecular complexity index is 719. The van der Waals surface area contributed by atoms with Gasteiger partial charge in [0.1, 0.15) is 15.9 Å². The van der Waals surface area contributed by atoms with Crippen LogP contribution in [0.3, 0.4) is 0 Å². The fourth-order valence-electron chi connectivity index (χ4n) is 3.52. The number of Topliss-reactive ketones (excluding diaryl/α,β-unsaturated/α-hetero) is 1. The molecule has 0 heterocycles. The maximum Gasteiger partial charge on any atom is 1.00 e. The van der Waals surface area contributed by atoms with Crippen molar-refractivity contribution in [3.63, 3.8) is 0 Å². The van der Waals surface area contributed by atoms with Crippen molar-refractivity contribution in [2.75, 3.05) is 6.61 Å². The predicted octanol–water partition coefficient (Wildman–Crippen LogP) is 3.66. The van der Waals surface area contributed by atoms with Crippen molar-refractivity contribution in [1.29, 1.82) is 0 Å². The van der Waals surface area contributed by atoms with Crippen molar-refractivity contribution in [1.82, 2.24) is 0 Å². The van der Waals surface area contributed by atoms with E-state index in [1.807, 2.05) is 0 Å². The molecule has 1 aromatic rings. The second kappa shape index (κ2) is 18.1. The topological polar surface area (TPSA) is 83.5 Å². The van der Waals surface area contributed by atoms with Gasteiger partial charge in [0.15, 0.2) is 5.78 Å². The summed E-state index contributed by atoms with van der Waals surface area (Å²) in [6, 6.07) is 3.98. The zero-order chi connectivity index (χ0) is 22.2. The van der Waals surface area contributed by atoms with E-state index in [1.54, 1.807) is 0 Å². The molecule has 172 valence electrons. The van der Waals surface area contributed by atoms with Gasteiger partial charge < -0.3 is 9.29 Å². The van der Waals surface area contributed by atoms with Crippen LogP contribution in [-0.2, 0) is 10.1 Å². The minimum Gasteiger partial charge on any atom is -0.744 e. The molecule has 7 heteroatoms. The second-order valence-electron chi connectivity index (χ2n) is 8.12. The summed E-state index contributed by atoms with van der Waals surface area (Å²) in [7, 11) is -4.69. The maximum atomic E-state index is 11.4. The van der Waals surface area contributed by atoms with Crippen molar-refractivity contribution in [2.24, 2.45) is 0 Å². The second-order valence-corrected chi connectivity index (χ2v) is 9.46. The molecule has 0 saturated heterocycles. The summed E-state index contributed by atoms with van der Waals surface area (Å²) in [4.78, 5) is 10.9. The summed E-state index contributed by atoms with van der Waals surface area (Å²) in [5, 5.41) is 0. The van der Waals surface area contributed by atoms with Crippen LogP contribution in [0.15, 0.2) is 23.1 Å². The summed E-state index contributed by atoms with van der Waals surface area (Å²) in [5.41, 5.74) is 0.188. The normalized spacial score (nSPS) is 11.2. The molecular weight excluding hydrogens is 423 g/mol. The summed E-state index contributed by atoms with van der Waals surface area (Å²) < 4.78 is 39.8. The molecule has 0 N–H and O–H groups in total. The number of carbonyl (C=O) groups excluding carboxylic acids is 1. The molecule has 0 spiro atoms. The molecule has 0 saturated carbocycles. The number of ketones is 1. The number of ether oxygens (including phenoxy) is 1. The summed E-state index contributed by atoms with van der Waals surface area (Å²) in [6.07, 6.45) is 17.6. The Labute approximate surface area is 211 Å². The smallest absolute Gasteiger partial charge is 0.744 e. The van der Waals surface area contributed by atoms with E-state index in [2.05, 4.69) is 6.92 Å². The number of hydrogen-bond acceptors (Lipinski definition) is 5. The van der Waals surface area contributed by atoms with Crippen LogP contribution < -0.4 is 34.3 Å². The van der Waals surface area contributed by atoms with Gasteiger partial charge in [0.25, 0.3) is 0 Å². The fourth-order valence-corrected chi connectivity index (χ4v) is 4.17. The third kappa shape index (κ3) is 14.4. The van der Waals surface area contributed by atoms with Crippen LogP contribution in [0.4, 0.5) is 0 Å². The molecule has 0 unspecified atom stereocenters. The third-order valence-corrected chi connectivity index (χ3v) is 6.23. The number of unbranched alkanes of at least 4 members (excludes halogenated alkanes) is 13. The van der Waals surface area contributed by atoms with E-state index < -0.39 is 15.0 Å². The number of hydrogen-bond donors (Lipinski definition) is 0. The van der Waals surface area contributed by atoms with Gasteiger partial charge in [-0.05, 0) is 31.5 Å². The minimum absolute atomic E-state index is 0. The zero-order valence-electron chi connectivity index (χ0n) is 19.8. The van der Waals surface area contributed by atoms with E-state index in [-0.39, 0.29) is 46.7 Å². The van der Waals surface area contributed by atoms with E-state index in [4.69, 9.17) is 4.74 Å². The van der Waals surface area contributed by atoms with E-state index in [0.717, 1.165) is 25.3 Å². The molecule has 5 nitrogen and oxygen atoms in total. The molecule has 0 fully saturated rings. The summed E-state index contributed by atoms with van der Waals surface area (Å²) in [5.74, 6) is -0.261. The maximum absolute atomic E-state index is 11.4. The first-order chi connectivity index (χ1) is 14.4. The molecule has 0 aliphatic carbocycles. The Hall–Kier alpha value is -0.400. The van der Waals surface area contributed by atoms with Gasteiger partial charge in [-0.15, -0.1) is 0 Å². The molecular formula is C24H39NaO5S. The number of benzene rings is 1. The molecule has 0 aliphatic heterocycles. The monoisotopic (exact) mass is 462 g/mol. The van der Waals surface area contributed by atoms with Gasteiger partial charge in [-0.3, -0.25) is 4.79 Å². The molecule has 0 radical (unpaired) electrons. The van der Waals surface area contributed by atoms with Gasteiger partial charge >= 0.3 is 29.6 Å². The van der Waals surface area contributed by atoms with Crippen molar-refractivity contribution in [3.8, 4) is 5.75 Å². The molecule has 0 atom stereocenters. The summed E-state index contributed by atoms with van der Waals surface area (Å²) >= 11 is 0. The van der Waals surface area contributed by atoms with Crippen LogP contribution in [0.1, 0.15) is 114 Å². The Balaban J connectivity index is 0.00000900. The van der Waals surface area contributed by atoms with Crippen LogP contribution in [0, 0.1) is 0 Å². The average Bonchev–Trinajstić information content (AvgIpc) is 2.70.